The monoisotopic (exact) mass is 328 g/mol. The van der Waals surface area contributed by atoms with E-state index in [0.717, 1.165) is 42.9 Å². The van der Waals surface area contributed by atoms with E-state index in [0.29, 0.717) is 0 Å². The van der Waals surface area contributed by atoms with E-state index in [1.165, 1.54) is 12.0 Å². The van der Waals surface area contributed by atoms with E-state index in [-0.39, 0.29) is 0 Å². The molecule has 0 unspecified atom stereocenters. The zero-order chi connectivity index (χ0) is 14.1. The molecule has 0 spiro atoms. The maximum atomic E-state index is 5.36. The molecular formula is C15H25BrN2O. The molecule has 0 heterocycles. The predicted octanol–water partition coefficient (Wildman–Crippen LogP) is 3.28. The molecule has 108 valence electrons. The van der Waals surface area contributed by atoms with Crippen molar-refractivity contribution < 1.29 is 4.74 Å². The van der Waals surface area contributed by atoms with E-state index < -0.39 is 0 Å². The van der Waals surface area contributed by atoms with Gasteiger partial charge in [-0.25, -0.2) is 0 Å². The maximum Gasteiger partial charge on any atom is 0.123 e. The third kappa shape index (κ3) is 5.93. The fourth-order valence-corrected chi connectivity index (χ4v) is 2.48. The number of benzene rings is 1. The number of hydrogen-bond acceptors (Lipinski definition) is 3. The molecule has 1 N–H and O–H groups in total. The minimum Gasteiger partial charge on any atom is -0.496 e. The van der Waals surface area contributed by atoms with E-state index >= 15 is 0 Å². The summed E-state index contributed by atoms with van der Waals surface area (Å²) in [4.78, 5) is 2.45. The number of halogens is 1. The van der Waals surface area contributed by atoms with Gasteiger partial charge in [-0.1, -0.05) is 29.8 Å². The Hall–Kier alpha value is -0.580. The Labute approximate surface area is 125 Å². The Morgan fingerprint density at radius 1 is 1.26 bits per heavy atom. The first-order chi connectivity index (χ1) is 9.21. The second-order valence-electron chi connectivity index (χ2n) is 4.51. The molecule has 1 rings (SSSR count). The summed E-state index contributed by atoms with van der Waals surface area (Å²) in [6.45, 7) is 9.74. The Morgan fingerprint density at radius 3 is 2.63 bits per heavy atom. The first kappa shape index (κ1) is 16.5. The van der Waals surface area contributed by atoms with Crippen LogP contribution in [0.25, 0.3) is 0 Å². The molecule has 4 heteroatoms. The lowest BCUT2D eigenvalue weighted by Gasteiger charge is -2.17. The molecule has 0 aliphatic carbocycles. The molecule has 1 aromatic carbocycles. The summed E-state index contributed by atoms with van der Waals surface area (Å²) in [5.41, 5.74) is 1.19. The number of nitrogens with one attached hydrogen (secondary N) is 1. The van der Waals surface area contributed by atoms with E-state index in [2.05, 4.69) is 46.1 Å². The summed E-state index contributed by atoms with van der Waals surface area (Å²) in [7, 11) is 1.72. The molecule has 0 radical (unpaired) electrons. The quantitative estimate of drug-likeness (QED) is 0.704. The second-order valence-corrected chi connectivity index (χ2v) is 5.43. The van der Waals surface area contributed by atoms with Gasteiger partial charge in [0.2, 0.25) is 0 Å². The molecule has 0 saturated carbocycles. The van der Waals surface area contributed by atoms with Gasteiger partial charge in [0.1, 0.15) is 5.75 Å². The lowest BCUT2D eigenvalue weighted by Crippen LogP contribution is -2.27. The van der Waals surface area contributed by atoms with Crippen LogP contribution >= 0.6 is 15.9 Å². The zero-order valence-corrected chi connectivity index (χ0v) is 13.8. The van der Waals surface area contributed by atoms with E-state index in [1.807, 2.05) is 12.1 Å². The van der Waals surface area contributed by atoms with Crippen LogP contribution in [-0.4, -0.2) is 38.2 Å². The Balaban J connectivity index is 2.31. The van der Waals surface area contributed by atoms with Crippen LogP contribution in [-0.2, 0) is 6.54 Å². The van der Waals surface area contributed by atoms with Crippen molar-refractivity contribution in [2.75, 3.05) is 33.3 Å². The van der Waals surface area contributed by atoms with Gasteiger partial charge in [0.15, 0.2) is 0 Å². The molecule has 0 aliphatic rings. The van der Waals surface area contributed by atoms with Crippen molar-refractivity contribution in [1.82, 2.24) is 10.2 Å². The molecule has 0 aromatic heterocycles. The number of rotatable bonds is 9. The predicted molar refractivity (Wildman–Crippen MR) is 84.8 cm³/mol. The van der Waals surface area contributed by atoms with Gasteiger partial charge in [-0.15, -0.1) is 0 Å². The van der Waals surface area contributed by atoms with Crippen LogP contribution in [0, 0.1) is 0 Å². The Bertz CT molecular complexity index is 367. The summed E-state index contributed by atoms with van der Waals surface area (Å²) in [6, 6.07) is 6.11. The number of hydrogen-bond donors (Lipinski definition) is 1. The first-order valence-corrected chi connectivity index (χ1v) is 7.76. The minimum atomic E-state index is 0.848. The van der Waals surface area contributed by atoms with Crippen LogP contribution in [0.1, 0.15) is 25.8 Å². The minimum absolute atomic E-state index is 0.848. The fourth-order valence-electron chi connectivity index (χ4n) is 2.08. The fraction of sp³-hybridized carbons (Fsp3) is 0.600. The van der Waals surface area contributed by atoms with Crippen LogP contribution in [0.15, 0.2) is 22.7 Å². The van der Waals surface area contributed by atoms with Gasteiger partial charge < -0.3 is 15.0 Å². The smallest absolute Gasteiger partial charge is 0.123 e. The average molecular weight is 329 g/mol. The largest absolute Gasteiger partial charge is 0.496 e. The lowest BCUT2D eigenvalue weighted by molar-refractivity contribution is 0.298. The first-order valence-electron chi connectivity index (χ1n) is 6.96. The van der Waals surface area contributed by atoms with Crippen molar-refractivity contribution in [3.05, 3.63) is 28.2 Å². The normalized spacial score (nSPS) is 11.0. The van der Waals surface area contributed by atoms with Gasteiger partial charge in [-0.2, -0.15) is 0 Å². The van der Waals surface area contributed by atoms with Crippen molar-refractivity contribution >= 4 is 15.9 Å². The highest BCUT2D eigenvalue weighted by Crippen LogP contribution is 2.22. The molecule has 1 aromatic rings. The van der Waals surface area contributed by atoms with Gasteiger partial charge >= 0.3 is 0 Å². The molecule has 0 bridgehead atoms. The topological polar surface area (TPSA) is 24.5 Å². The van der Waals surface area contributed by atoms with Crippen LogP contribution in [0.2, 0.25) is 0 Å². The standard InChI is InChI=1S/C15H25BrN2O/c1-4-18(5-2)10-6-9-17-12-13-11-14(16)7-8-15(13)19-3/h7-8,11,17H,4-6,9-10,12H2,1-3H3. The zero-order valence-electron chi connectivity index (χ0n) is 12.2. The van der Waals surface area contributed by atoms with E-state index in [1.54, 1.807) is 7.11 Å². The van der Waals surface area contributed by atoms with Crippen molar-refractivity contribution in [1.29, 1.82) is 0 Å². The van der Waals surface area contributed by atoms with E-state index in [9.17, 15) is 0 Å². The maximum absolute atomic E-state index is 5.36. The molecule has 19 heavy (non-hydrogen) atoms. The highest BCUT2D eigenvalue weighted by Gasteiger charge is 2.03. The van der Waals surface area contributed by atoms with Gasteiger partial charge in [-0.05, 0) is 50.8 Å². The highest BCUT2D eigenvalue weighted by molar-refractivity contribution is 9.10. The number of ether oxygens (including phenoxy) is 1. The van der Waals surface area contributed by atoms with Crippen molar-refractivity contribution in [3.8, 4) is 5.75 Å². The van der Waals surface area contributed by atoms with Crippen LogP contribution < -0.4 is 10.1 Å². The van der Waals surface area contributed by atoms with Crippen molar-refractivity contribution in [2.45, 2.75) is 26.8 Å². The molecule has 0 fully saturated rings. The van der Waals surface area contributed by atoms with Gasteiger partial charge in [0.05, 0.1) is 7.11 Å². The Kier molecular flexibility index (Phi) is 8.10. The summed E-state index contributed by atoms with van der Waals surface area (Å²) >= 11 is 3.50. The van der Waals surface area contributed by atoms with Crippen molar-refractivity contribution in [3.63, 3.8) is 0 Å². The van der Waals surface area contributed by atoms with E-state index in [4.69, 9.17) is 4.74 Å². The van der Waals surface area contributed by atoms with Crippen LogP contribution in [0.4, 0.5) is 0 Å². The van der Waals surface area contributed by atoms with Gasteiger partial charge in [0.25, 0.3) is 0 Å². The summed E-state index contributed by atoms with van der Waals surface area (Å²) in [6.07, 6.45) is 1.18. The molecule has 0 amide bonds. The molecule has 3 nitrogen and oxygen atoms in total. The summed E-state index contributed by atoms with van der Waals surface area (Å²) in [5, 5.41) is 3.48. The third-order valence-electron chi connectivity index (χ3n) is 3.28. The van der Waals surface area contributed by atoms with Crippen LogP contribution in [0.3, 0.4) is 0 Å². The summed E-state index contributed by atoms with van der Waals surface area (Å²) < 4.78 is 6.45. The third-order valence-corrected chi connectivity index (χ3v) is 3.77. The Morgan fingerprint density at radius 2 is 2.00 bits per heavy atom. The average Bonchev–Trinajstić information content (AvgIpc) is 2.43. The highest BCUT2D eigenvalue weighted by atomic mass is 79.9. The van der Waals surface area contributed by atoms with Crippen LogP contribution in [0.5, 0.6) is 5.75 Å². The molecule has 0 saturated heterocycles. The number of nitrogens with zero attached hydrogens (tertiary/aromatic N) is 1. The SMILES string of the molecule is CCN(CC)CCCNCc1cc(Br)ccc1OC. The second kappa shape index (κ2) is 9.34. The number of methoxy groups -OCH3 is 1. The lowest BCUT2D eigenvalue weighted by atomic mass is 10.2. The van der Waals surface area contributed by atoms with Gasteiger partial charge in [0, 0.05) is 16.6 Å². The van der Waals surface area contributed by atoms with Gasteiger partial charge in [-0.3, -0.25) is 0 Å². The molecule has 0 aliphatic heterocycles. The molecule has 0 atom stereocenters. The molecular weight excluding hydrogens is 304 g/mol. The summed E-state index contributed by atoms with van der Waals surface area (Å²) in [5.74, 6) is 0.944. The van der Waals surface area contributed by atoms with Crippen molar-refractivity contribution in [2.24, 2.45) is 0 Å².